The summed E-state index contributed by atoms with van der Waals surface area (Å²) in [6.45, 7) is 10.3. The number of para-hydroxylation sites is 2. The molecule has 6 heteroatoms. The number of nitrogens with zero attached hydrogens (tertiary/aromatic N) is 2. The van der Waals surface area contributed by atoms with Gasteiger partial charge in [0, 0.05) is 37.7 Å². The fourth-order valence-corrected chi connectivity index (χ4v) is 3.86. The maximum absolute atomic E-state index is 10.5. The van der Waals surface area contributed by atoms with Crippen LogP contribution in [0.15, 0.2) is 36.4 Å². The number of rotatable bonds is 7. The molecular formula is C23H31ClN2O3. The van der Waals surface area contributed by atoms with Crippen LogP contribution < -0.4 is 9.64 Å². The number of aromatic hydroxyl groups is 1. The lowest BCUT2D eigenvalue weighted by molar-refractivity contribution is 0.0658. The number of benzene rings is 2. The summed E-state index contributed by atoms with van der Waals surface area (Å²) in [5.74, 6) is 1.40. The number of halogens is 1. The van der Waals surface area contributed by atoms with Crippen LogP contribution in [0.2, 0.25) is 5.02 Å². The third-order valence-electron chi connectivity index (χ3n) is 5.41. The van der Waals surface area contributed by atoms with Gasteiger partial charge in [0.1, 0.15) is 24.2 Å². The molecule has 2 aromatic carbocycles. The van der Waals surface area contributed by atoms with Crippen LogP contribution in [0.25, 0.3) is 0 Å². The number of β-amino-alcohol motifs (C(OH)–C–C–N with tert-alkyl or cyclic N) is 1. The minimum atomic E-state index is -0.567. The number of aliphatic hydroxyl groups excluding tert-OH is 1. The van der Waals surface area contributed by atoms with Gasteiger partial charge < -0.3 is 19.8 Å². The number of piperazine rings is 1. The van der Waals surface area contributed by atoms with Crippen molar-refractivity contribution in [2.75, 3.05) is 44.2 Å². The Kier molecular flexibility index (Phi) is 7.28. The molecule has 5 nitrogen and oxygen atoms in total. The van der Waals surface area contributed by atoms with Gasteiger partial charge in [0.25, 0.3) is 0 Å². The van der Waals surface area contributed by atoms with Gasteiger partial charge in [-0.1, -0.05) is 37.6 Å². The maximum Gasteiger partial charge on any atom is 0.138 e. The van der Waals surface area contributed by atoms with Gasteiger partial charge >= 0.3 is 0 Å². The van der Waals surface area contributed by atoms with Crippen LogP contribution in [0.4, 0.5) is 5.69 Å². The van der Waals surface area contributed by atoms with Gasteiger partial charge in [-0.3, -0.25) is 4.90 Å². The molecule has 2 N–H and O–H groups in total. The van der Waals surface area contributed by atoms with Crippen molar-refractivity contribution in [1.82, 2.24) is 4.90 Å². The molecule has 0 bridgehead atoms. The number of anilines is 1. The van der Waals surface area contributed by atoms with E-state index in [2.05, 4.69) is 23.6 Å². The average Bonchev–Trinajstić information content (AvgIpc) is 2.69. The second-order valence-electron chi connectivity index (χ2n) is 8.04. The number of aliphatic hydroxyl groups is 1. The summed E-state index contributed by atoms with van der Waals surface area (Å²) in [5, 5.41) is 21.3. The van der Waals surface area contributed by atoms with E-state index in [0.717, 1.165) is 53.8 Å². The van der Waals surface area contributed by atoms with E-state index in [0.29, 0.717) is 18.2 Å². The lowest BCUT2D eigenvalue weighted by atomic mass is 10.0. The molecule has 0 spiro atoms. The molecule has 2 aromatic rings. The molecule has 158 valence electrons. The smallest absolute Gasteiger partial charge is 0.138 e. The molecule has 1 fully saturated rings. The van der Waals surface area contributed by atoms with Gasteiger partial charge in [-0.05, 0) is 48.2 Å². The highest BCUT2D eigenvalue weighted by Gasteiger charge is 2.21. The van der Waals surface area contributed by atoms with Crippen LogP contribution in [-0.4, -0.2) is 60.5 Å². The van der Waals surface area contributed by atoms with Crippen molar-refractivity contribution < 1.29 is 14.9 Å². The highest BCUT2D eigenvalue weighted by molar-refractivity contribution is 6.31. The van der Waals surface area contributed by atoms with Gasteiger partial charge in [0.05, 0.1) is 5.69 Å². The van der Waals surface area contributed by atoms with E-state index in [9.17, 15) is 10.2 Å². The van der Waals surface area contributed by atoms with Gasteiger partial charge in [-0.15, -0.1) is 0 Å². The van der Waals surface area contributed by atoms with Crippen LogP contribution in [0.1, 0.15) is 30.9 Å². The Morgan fingerprint density at radius 2 is 1.79 bits per heavy atom. The van der Waals surface area contributed by atoms with Crippen LogP contribution in [0.5, 0.6) is 11.5 Å². The zero-order chi connectivity index (χ0) is 21.0. The number of phenolic OH excluding ortho intramolecular Hbond substituents is 1. The Balaban J connectivity index is 1.50. The maximum atomic E-state index is 10.5. The van der Waals surface area contributed by atoms with E-state index in [-0.39, 0.29) is 6.61 Å². The summed E-state index contributed by atoms with van der Waals surface area (Å²) >= 11 is 6.26. The normalized spacial score (nSPS) is 16.3. The van der Waals surface area contributed by atoms with E-state index in [4.69, 9.17) is 16.3 Å². The molecular weight excluding hydrogens is 388 g/mol. The summed E-state index contributed by atoms with van der Waals surface area (Å²) < 4.78 is 5.96. The summed E-state index contributed by atoms with van der Waals surface area (Å²) in [4.78, 5) is 4.42. The third-order valence-corrected chi connectivity index (χ3v) is 5.82. The Bertz CT molecular complexity index is 820. The highest BCUT2D eigenvalue weighted by atomic mass is 35.5. The first-order chi connectivity index (χ1) is 13.8. The molecule has 0 aliphatic carbocycles. The molecule has 0 aromatic heterocycles. The molecule has 1 saturated heterocycles. The van der Waals surface area contributed by atoms with E-state index >= 15 is 0 Å². The molecule has 1 heterocycles. The summed E-state index contributed by atoms with van der Waals surface area (Å²) in [7, 11) is 0. The summed E-state index contributed by atoms with van der Waals surface area (Å²) in [5.41, 5.74) is 2.90. The van der Waals surface area contributed by atoms with E-state index in [1.165, 1.54) is 0 Å². The van der Waals surface area contributed by atoms with Crippen molar-refractivity contribution in [3.05, 3.63) is 52.5 Å². The minimum Gasteiger partial charge on any atom is -0.506 e. The standard InChI is InChI=1S/C23H31ClN2O3/c1-16(2)19-13-20(24)17(3)12-23(19)29-15-18(27)14-25-8-10-26(11-9-25)21-6-4-5-7-22(21)28/h4-7,12-13,16,18,27-28H,8-11,14-15H2,1-3H3/t18-/m1/s1. The monoisotopic (exact) mass is 418 g/mol. The van der Waals surface area contributed by atoms with Crippen molar-refractivity contribution in [2.45, 2.75) is 32.8 Å². The first-order valence-electron chi connectivity index (χ1n) is 10.2. The Morgan fingerprint density at radius 3 is 2.45 bits per heavy atom. The number of phenols is 1. The molecule has 0 saturated carbocycles. The number of aryl methyl sites for hydroxylation is 1. The van der Waals surface area contributed by atoms with Crippen LogP contribution in [0, 0.1) is 6.92 Å². The zero-order valence-electron chi connectivity index (χ0n) is 17.4. The number of hydrogen-bond donors (Lipinski definition) is 2. The lowest BCUT2D eigenvalue weighted by Gasteiger charge is -2.37. The predicted molar refractivity (Wildman–Crippen MR) is 119 cm³/mol. The molecule has 1 aliphatic rings. The van der Waals surface area contributed by atoms with Crippen molar-refractivity contribution >= 4 is 17.3 Å². The number of ether oxygens (including phenoxy) is 1. The van der Waals surface area contributed by atoms with Gasteiger partial charge in [0.15, 0.2) is 0 Å². The first kappa shape index (κ1) is 21.8. The second kappa shape index (κ2) is 9.70. The fraction of sp³-hybridized carbons (Fsp3) is 0.478. The molecule has 1 atom stereocenters. The topological polar surface area (TPSA) is 56.2 Å². The molecule has 29 heavy (non-hydrogen) atoms. The third kappa shape index (κ3) is 5.56. The van der Waals surface area contributed by atoms with Crippen molar-refractivity contribution in [1.29, 1.82) is 0 Å². The van der Waals surface area contributed by atoms with Crippen molar-refractivity contribution in [2.24, 2.45) is 0 Å². The molecule has 0 amide bonds. The van der Waals surface area contributed by atoms with E-state index in [1.807, 2.05) is 37.3 Å². The molecule has 0 unspecified atom stereocenters. The predicted octanol–water partition coefficient (Wildman–Crippen LogP) is 4.04. The van der Waals surface area contributed by atoms with Gasteiger partial charge in [-0.25, -0.2) is 0 Å². The number of hydrogen-bond acceptors (Lipinski definition) is 5. The minimum absolute atomic E-state index is 0.250. The zero-order valence-corrected chi connectivity index (χ0v) is 18.2. The lowest BCUT2D eigenvalue weighted by Crippen LogP contribution is -2.49. The van der Waals surface area contributed by atoms with Crippen LogP contribution in [0.3, 0.4) is 0 Å². The molecule has 1 aliphatic heterocycles. The summed E-state index contributed by atoms with van der Waals surface area (Å²) in [6.07, 6.45) is -0.567. The average molecular weight is 419 g/mol. The first-order valence-corrected chi connectivity index (χ1v) is 10.6. The second-order valence-corrected chi connectivity index (χ2v) is 8.44. The van der Waals surface area contributed by atoms with Gasteiger partial charge in [0.2, 0.25) is 0 Å². The summed E-state index contributed by atoms with van der Waals surface area (Å²) in [6, 6.07) is 11.3. The highest BCUT2D eigenvalue weighted by Crippen LogP contribution is 2.32. The quantitative estimate of drug-likeness (QED) is 0.710. The Hall–Kier alpha value is -1.95. The van der Waals surface area contributed by atoms with Crippen molar-refractivity contribution in [3.63, 3.8) is 0 Å². The van der Waals surface area contributed by atoms with Crippen molar-refractivity contribution in [3.8, 4) is 11.5 Å². The Morgan fingerprint density at radius 1 is 1.10 bits per heavy atom. The molecule has 0 radical (unpaired) electrons. The fourth-order valence-electron chi connectivity index (χ4n) is 3.69. The molecule has 3 rings (SSSR count). The van der Waals surface area contributed by atoms with E-state index < -0.39 is 6.10 Å². The largest absolute Gasteiger partial charge is 0.506 e. The SMILES string of the molecule is Cc1cc(OC[C@H](O)CN2CCN(c3ccccc3O)CC2)c(C(C)C)cc1Cl. The van der Waals surface area contributed by atoms with Gasteiger partial charge in [-0.2, -0.15) is 0 Å². The van der Waals surface area contributed by atoms with Crippen LogP contribution in [-0.2, 0) is 0 Å². The van der Waals surface area contributed by atoms with Crippen LogP contribution >= 0.6 is 11.6 Å². The Labute approximate surface area is 178 Å². The van der Waals surface area contributed by atoms with E-state index in [1.54, 1.807) is 6.07 Å².